The first-order valence-corrected chi connectivity index (χ1v) is 7.51. The summed E-state index contributed by atoms with van der Waals surface area (Å²) in [4.78, 5) is 9.36. The Kier molecular flexibility index (Phi) is 5.35. The number of hydrogen-bond donors (Lipinski definition) is 2. The number of nitrogens with two attached hydrogens (primary N) is 1. The van der Waals surface area contributed by atoms with Gasteiger partial charge in [0.2, 0.25) is 5.95 Å². The Morgan fingerprint density at radius 1 is 1.32 bits per heavy atom. The van der Waals surface area contributed by atoms with Crippen molar-refractivity contribution in [2.24, 2.45) is 0 Å². The second kappa shape index (κ2) is 7.25. The molecule has 0 unspecified atom stereocenters. The van der Waals surface area contributed by atoms with E-state index >= 15 is 0 Å². The molecule has 0 saturated heterocycles. The number of hydrogen-bond acceptors (Lipinski definition) is 6. The fourth-order valence-electron chi connectivity index (χ4n) is 1.74. The third-order valence-electron chi connectivity index (χ3n) is 2.74. The lowest BCUT2D eigenvalue weighted by Crippen LogP contribution is -2.09. The van der Waals surface area contributed by atoms with E-state index < -0.39 is 0 Å². The molecule has 0 aromatic carbocycles. The van der Waals surface area contributed by atoms with E-state index in [-0.39, 0.29) is 0 Å². The van der Waals surface area contributed by atoms with E-state index in [1.807, 2.05) is 11.4 Å². The second-order valence-electron chi connectivity index (χ2n) is 4.32. The molecule has 19 heavy (non-hydrogen) atoms. The fraction of sp³-hybridized carbons (Fsp3) is 0.538. The van der Waals surface area contributed by atoms with Crippen LogP contribution in [0.25, 0.3) is 10.2 Å². The van der Waals surface area contributed by atoms with Gasteiger partial charge in [0, 0.05) is 19.8 Å². The van der Waals surface area contributed by atoms with Gasteiger partial charge in [0.25, 0.3) is 0 Å². The van der Waals surface area contributed by atoms with Crippen LogP contribution < -0.4 is 11.1 Å². The van der Waals surface area contributed by atoms with E-state index in [1.165, 1.54) is 6.42 Å². The minimum Gasteiger partial charge on any atom is -0.381 e. The number of nitrogens with one attached hydrogen (secondary N) is 1. The lowest BCUT2D eigenvalue weighted by Gasteiger charge is -2.07. The number of nitrogen functional groups attached to an aromatic ring is 1. The zero-order valence-electron chi connectivity index (χ0n) is 11.2. The lowest BCUT2D eigenvalue weighted by molar-refractivity contribution is 0.131. The van der Waals surface area contributed by atoms with E-state index in [2.05, 4.69) is 22.2 Å². The molecular formula is C13H20N4OS. The van der Waals surface area contributed by atoms with Crippen molar-refractivity contribution in [1.29, 1.82) is 0 Å². The molecule has 0 aliphatic carbocycles. The van der Waals surface area contributed by atoms with Gasteiger partial charge in [-0.1, -0.05) is 13.3 Å². The predicted molar refractivity (Wildman–Crippen MR) is 80.7 cm³/mol. The van der Waals surface area contributed by atoms with Crippen molar-refractivity contribution in [2.45, 2.75) is 26.2 Å². The third-order valence-corrected chi connectivity index (χ3v) is 3.55. The molecule has 2 heterocycles. The monoisotopic (exact) mass is 280 g/mol. The number of anilines is 2. The molecule has 0 aliphatic rings. The van der Waals surface area contributed by atoms with Gasteiger partial charge in [-0.2, -0.15) is 4.98 Å². The largest absolute Gasteiger partial charge is 0.381 e. The topological polar surface area (TPSA) is 73.1 Å². The van der Waals surface area contributed by atoms with Crippen molar-refractivity contribution in [2.75, 3.05) is 30.8 Å². The Bertz CT molecular complexity index is 514. The number of aromatic nitrogens is 2. The van der Waals surface area contributed by atoms with Gasteiger partial charge in [0.05, 0.1) is 5.39 Å². The van der Waals surface area contributed by atoms with E-state index in [9.17, 15) is 0 Å². The smallest absolute Gasteiger partial charge is 0.223 e. The van der Waals surface area contributed by atoms with Crippen molar-refractivity contribution in [3.63, 3.8) is 0 Å². The molecule has 3 N–H and O–H groups in total. The molecule has 0 amide bonds. The van der Waals surface area contributed by atoms with Gasteiger partial charge in [0.15, 0.2) is 0 Å². The highest BCUT2D eigenvalue weighted by Crippen LogP contribution is 2.25. The molecule has 0 radical (unpaired) electrons. The molecule has 5 nitrogen and oxygen atoms in total. The fourth-order valence-corrected chi connectivity index (χ4v) is 2.51. The summed E-state index contributed by atoms with van der Waals surface area (Å²) in [5.74, 6) is 1.13. The van der Waals surface area contributed by atoms with E-state index in [0.717, 1.165) is 48.6 Å². The van der Waals surface area contributed by atoms with Gasteiger partial charge >= 0.3 is 0 Å². The van der Waals surface area contributed by atoms with E-state index in [1.54, 1.807) is 11.3 Å². The van der Waals surface area contributed by atoms with Crippen molar-refractivity contribution in [1.82, 2.24) is 9.97 Å². The summed E-state index contributed by atoms with van der Waals surface area (Å²) >= 11 is 1.57. The zero-order chi connectivity index (χ0) is 13.5. The normalized spacial score (nSPS) is 11.0. The van der Waals surface area contributed by atoms with Crippen LogP contribution in [0.5, 0.6) is 0 Å². The highest BCUT2D eigenvalue weighted by Gasteiger charge is 2.06. The lowest BCUT2D eigenvalue weighted by atomic mass is 10.3. The first-order chi connectivity index (χ1) is 9.31. The highest BCUT2D eigenvalue weighted by atomic mass is 32.1. The van der Waals surface area contributed by atoms with Gasteiger partial charge in [-0.3, -0.25) is 0 Å². The maximum Gasteiger partial charge on any atom is 0.223 e. The quantitative estimate of drug-likeness (QED) is 0.727. The minimum absolute atomic E-state index is 0.316. The molecule has 0 bridgehead atoms. The number of ether oxygens (including phenoxy) is 1. The summed E-state index contributed by atoms with van der Waals surface area (Å²) in [7, 11) is 0. The van der Waals surface area contributed by atoms with Gasteiger partial charge < -0.3 is 15.8 Å². The van der Waals surface area contributed by atoms with Crippen LogP contribution in [0.1, 0.15) is 26.2 Å². The zero-order valence-corrected chi connectivity index (χ0v) is 12.0. The summed E-state index contributed by atoms with van der Waals surface area (Å²) in [6.45, 7) is 4.62. The standard InChI is InChI=1S/C13H20N4OS/c1-2-3-7-18-8-4-6-15-11-10-5-9-19-12(10)17-13(14)16-11/h5,9H,2-4,6-8H2,1H3,(H3,14,15,16,17). The minimum atomic E-state index is 0.316. The van der Waals surface area contributed by atoms with Crippen LogP contribution in [0.15, 0.2) is 11.4 Å². The summed E-state index contributed by atoms with van der Waals surface area (Å²) in [5.41, 5.74) is 5.69. The number of thiophene rings is 1. The Morgan fingerprint density at radius 3 is 3.00 bits per heavy atom. The van der Waals surface area contributed by atoms with Crippen LogP contribution >= 0.6 is 11.3 Å². The van der Waals surface area contributed by atoms with Gasteiger partial charge in [-0.15, -0.1) is 11.3 Å². The third kappa shape index (κ3) is 4.04. The molecule has 2 aromatic rings. The summed E-state index contributed by atoms with van der Waals surface area (Å²) in [6, 6.07) is 2.01. The van der Waals surface area contributed by atoms with Crippen molar-refractivity contribution in [3.8, 4) is 0 Å². The second-order valence-corrected chi connectivity index (χ2v) is 5.21. The first kappa shape index (κ1) is 14.0. The van der Waals surface area contributed by atoms with Crippen molar-refractivity contribution in [3.05, 3.63) is 11.4 Å². The summed E-state index contributed by atoms with van der Waals surface area (Å²) < 4.78 is 5.51. The van der Waals surface area contributed by atoms with Crippen LogP contribution in [0, 0.1) is 0 Å². The van der Waals surface area contributed by atoms with Gasteiger partial charge in [-0.25, -0.2) is 4.98 Å². The SMILES string of the molecule is CCCCOCCCNc1nc(N)nc2sccc12. The van der Waals surface area contributed by atoms with Crippen molar-refractivity contribution >= 4 is 33.3 Å². The number of nitrogens with zero attached hydrogens (tertiary/aromatic N) is 2. The maximum atomic E-state index is 5.69. The molecule has 0 atom stereocenters. The molecule has 0 fully saturated rings. The maximum absolute atomic E-state index is 5.69. The van der Waals surface area contributed by atoms with Gasteiger partial charge in [-0.05, 0) is 24.3 Å². The molecule has 0 spiro atoms. The first-order valence-electron chi connectivity index (χ1n) is 6.63. The van der Waals surface area contributed by atoms with E-state index in [4.69, 9.17) is 10.5 Å². The molecule has 0 aliphatic heterocycles. The number of unbranched alkanes of at least 4 members (excludes halogenated alkanes) is 1. The van der Waals surface area contributed by atoms with Gasteiger partial charge in [0.1, 0.15) is 10.6 Å². The van der Waals surface area contributed by atoms with Crippen LogP contribution in [0.2, 0.25) is 0 Å². The molecule has 6 heteroatoms. The molecule has 2 rings (SSSR count). The molecule has 104 valence electrons. The average molecular weight is 280 g/mol. The van der Waals surface area contributed by atoms with Crippen LogP contribution in [0.4, 0.5) is 11.8 Å². The summed E-state index contributed by atoms with van der Waals surface area (Å²) in [6.07, 6.45) is 3.26. The Labute approximate surface area is 117 Å². The summed E-state index contributed by atoms with van der Waals surface area (Å²) in [5, 5.41) is 6.33. The Morgan fingerprint density at radius 2 is 2.16 bits per heavy atom. The van der Waals surface area contributed by atoms with Crippen LogP contribution in [0.3, 0.4) is 0 Å². The predicted octanol–water partition coefficient (Wildman–Crippen LogP) is 2.89. The number of rotatable bonds is 8. The van der Waals surface area contributed by atoms with E-state index in [0.29, 0.717) is 5.95 Å². The van der Waals surface area contributed by atoms with Crippen molar-refractivity contribution < 1.29 is 4.74 Å². The molecule has 2 aromatic heterocycles. The van der Waals surface area contributed by atoms with Crippen LogP contribution in [-0.4, -0.2) is 29.7 Å². The Hall–Kier alpha value is -1.40. The molecule has 0 saturated carbocycles. The Balaban J connectivity index is 1.79. The average Bonchev–Trinajstić information content (AvgIpc) is 2.85. The number of fused-ring (bicyclic) bond motifs is 1. The van der Waals surface area contributed by atoms with Crippen LogP contribution in [-0.2, 0) is 4.74 Å². The highest BCUT2D eigenvalue weighted by molar-refractivity contribution is 7.16. The molecular weight excluding hydrogens is 260 g/mol.